The van der Waals surface area contributed by atoms with E-state index in [0.29, 0.717) is 6.54 Å². The highest BCUT2D eigenvalue weighted by Gasteiger charge is 2.39. The molecule has 0 saturated heterocycles. The van der Waals surface area contributed by atoms with Crippen LogP contribution >= 0.6 is 0 Å². The van der Waals surface area contributed by atoms with Gasteiger partial charge in [-0.2, -0.15) is 0 Å². The predicted molar refractivity (Wildman–Crippen MR) is 97.4 cm³/mol. The largest absolute Gasteiger partial charge is 0.354 e. The predicted octanol–water partition coefficient (Wildman–Crippen LogP) is 3.39. The lowest BCUT2D eigenvalue weighted by molar-refractivity contribution is -0.127. The molecule has 1 unspecified atom stereocenters. The second-order valence-electron chi connectivity index (χ2n) is 7.27. The number of nitrogens with one attached hydrogen (secondary N) is 1. The van der Waals surface area contributed by atoms with Gasteiger partial charge in [-0.05, 0) is 42.7 Å². The molecule has 0 aromatic heterocycles. The number of benzene rings is 2. The van der Waals surface area contributed by atoms with Gasteiger partial charge in [0.05, 0.1) is 0 Å². The molecule has 3 heteroatoms. The number of carbonyl (C=O) groups is 1. The second-order valence-corrected chi connectivity index (χ2v) is 7.27. The normalized spacial score (nSPS) is 18.2. The molecule has 1 aliphatic rings. The van der Waals surface area contributed by atoms with E-state index in [1.54, 1.807) is 6.92 Å². The van der Waals surface area contributed by atoms with Crippen molar-refractivity contribution in [3.05, 3.63) is 71.8 Å². The Hall–Kier alpha value is -2.13. The van der Waals surface area contributed by atoms with Crippen molar-refractivity contribution in [2.24, 2.45) is 11.1 Å². The molecule has 1 amide bonds. The van der Waals surface area contributed by atoms with E-state index in [2.05, 4.69) is 29.6 Å². The molecule has 0 spiro atoms. The van der Waals surface area contributed by atoms with Crippen molar-refractivity contribution < 1.29 is 4.79 Å². The van der Waals surface area contributed by atoms with Crippen LogP contribution < -0.4 is 11.1 Å². The zero-order valence-corrected chi connectivity index (χ0v) is 14.3. The van der Waals surface area contributed by atoms with Gasteiger partial charge in [0.2, 0.25) is 5.91 Å². The highest BCUT2D eigenvalue weighted by molar-refractivity contribution is 5.87. The van der Waals surface area contributed by atoms with Crippen LogP contribution in [-0.2, 0) is 16.8 Å². The fraction of sp³-hybridized carbons (Fsp3) is 0.381. The van der Waals surface area contributed by atoms with E-state index in [1.165, 1.54) is 12.0 Å². The molecule has 126 valence electrons. The molecule has 0 heterocycles. The first-order chi connectivity index (χ1) is 11.5. The number of rotatable bonds is 6. The lowest BCUT2D eigenvalue weighted by Crippen LogP contribution is -2.53. The molecule has 2 aromatic rings. The Balaban J connectivity index is 1.64. The maximum absolute atomic E-state index is 12.7. The Labute approximate surface area is 144 Å². The Morgan fingerprint density at radius 1 is 1.08 bits per heavy atom. The smallest absolute Gasteiger partial charge is 0.244 e. The summed E-state index contributed by atoms with van der Waals surface area (Å²) in [6.07, 6.45) is 4.58. The Bertz CT molecular complexity index is 675. The molecule has 0 bridgehead atoms. The highest BCUT2D eigenvalue weighted by Crippen LogP contribution is 2.43. The Morgan fingerprint density at radius 3 is 2.21 bits per heavy atom. The summed E-state index contributed by atoms with van der Waals surface area (Å²) in [5, 5.41) is 3.12. The molecule has 3 rings (SSSR count). The fourth-order valence-corrected chi connectivity index (χ4v) is 3.49. The molecule has 0 radical (unpaired) electrons. The third-order valence-electron chi connectivity index (χ3n) is 5.31. The average molecular weight is 322 g/mol. The van der Waals surface area contributed by atoms with E-state index in [1.807, 2.05) is 36.4 Å². The van der Waals surface area contributed by atoms with Crippen LogP contribution in [0.3, 0.4) is 0 Å². The van der Waals surface area contributed by atoms with Gasteiger partial charge in [0.15, 0.2) is 0 Å². The standard InChI is InChI=1S/C21H26N2O/c1-20(22,18-11-6-3-7-12-18)19(24)23-16-21(13-8-14-21)15-17-9-4-2-5-10-17/h2-7,9-12H,8,13-16,22H2,1H3,(H,23,24). The van der Waals surface area contributed by atoms with E-state index in [4.69, 9.17) is 5.73 Å². The second kappa shape index (κ2) is 6.78. The first-order valence-corrected chi connectivity index (χ1v) is 8.69. The van der Waals surface area contributed by atoms with E-state index < -0.39 is 5.54 Å². The minimum atomic E-state index is -1.00. The summed E-state index contributed by atoms with van der Waals surface area (Å²) in [5.41, 5.74) is 7.67. The van der Waals surface area contributed by atoms with Crippen LogP contribution in [0.25, 0.3) is 0 Å². The van der Waals surface area contributed by atoms with Crippen LogP contribution in [0.5, 0.6) is 0 Å². The van der Waals surface area contributed by atoms with E-state index in [-0.39, 0.29) is 11.3 Å². The maximum Gasteiger partial charge on any atom is 0.244 e. The van der Waals surface area contributed by atoms with Gasteiger partial charge in [-0.25, -0.2) is 0 Å². The van der Waals surface area contributed by atoms with E-state index >= 15 is 0 Å². The van der Waals surface area contributed by atoms with Crippen LogP contribution in [0.4, 0.5) is 0 Å². The van der Waals surface area contributed by atoms with Gasteiger partial charge in [-0.15, -0.1) is 0 Å². The van der Waals surface area contributed by atoms with Crippen molar-refractivity contribution in [1.82, 2.24) is 5.32 Å². The molecule has 2 aromatic carbocycles. The quantitative estimate of drug-likeness (QED) is 0.856. The molecule has 0 aliphatic heterocycles. The van der Waals surface area contributed by atoms with E-state index in [0.717, 1.165) is 24.8 Å². The fourth-order valence-electron chi connectivity index (χ4n) is 3.49. The first kappa shape index (κ1) is 16.7. The maximum atomic E-state index is 12.7. The van der Waals surface area contributed by atoms with Crippen LogP contribution in [0.1, 0.15) is 37.3 Å². The van der Waals surface area contributed by atoms with Gasteiger partial charge >= 0.3 is 0 Å². The van der Waals surface area contributed by atoms with Crippen molar-refractivity contribution in [3.8, 4) is 0 Å². The minimum absolute atomic E-state index is 0.104. The summed E-state index contributed by atoms with van der Waals surface area (Å²) in [5.74, 6) is -0.104. The average Bonchev–Trinajstić information content (AvgIpc) is 2.58. The van der Waals surface area contributed by atoms with Gasteiger partial charge in [0.25, 0.3) is 0 Å². The summed E-state index contributed by atoms with van der Waals surface area (Å²) in [6, 6.07) is 20.1. The Kier molecular flexibility index (Phi) is 4.72. The summed E-state index contributed by atoms with van der Waals surface area (Å²) >= 11 is 0. The van der Waals surface area contributed by atoms with Crippen molar-refractivity contribution in [1.29, 1.82) is 0 Å². The van der Waals surface area contributed by atoms with Gasteiger partial charge in [-0.1, -0.05) is 67.1 Å². The number of carbonyl (C=O) groups excluding carboxylic acids is 1. The Morgan fingerprint density at radius 2 is 1.67 bits per heavy atom. The molecular weight excluding hydrogens is 296 g/mol. The lowest BCUT2D eigenvalue weighted by atomic mass is 9.65. The van der Waals surface area contributed by atoms with Crippen molar-refractivity contribution in [2.75, 3.05) is 6.54 Å². The molecule has 24 heavy (non-hydrogen) atoms. The third kappa shape index (κ3) is 3.51. The van der Waals surface area contributed by atoms with Gasteiger partial charge in [0, 0.05) is 6.54 Å². The SMILES string of the molecule is CC(N)(C(=O)NCC1(Cc2ccccc2)CCC1)c1ccccc1. The number of amides is 1. The number of nitrogens with two attached hydrogens (primary N) is 1. The first-order valence-electron chi connectivity index (χ1n) is 8.69. The van der Waals surface area contributed by atoms with Crippen molar-refractivity contribution in [2.45, 2.75) is 38.1 Å². The summed E-state index contributed by atoms with van der Waals surface area (Å²) in [7, 11) is 0. The third-order valence-corrected chi connectivity index (χ3v) is 5.31. The zero-order valence-electron chi connectivity index (χ0n) is 14.3. The molecule has 1 saturated carbocycles. The lowest BCUT2D eigenvalue weighted by Gasteiger charge is -2.43. The number of hydrogen-bond acceptors (Lipinski definition) is 2. The monoisotopic (exact) mass is 322 g/mol. The molecule has 1 aliphatic carbocycles. The van der Waals surface area contributed by atoms with Crippen molar-refractivity contribution >= 4 is 5.91 Å². The van der Waals surface area contributed by atoms with Crippen LogP contribution in [0, 0.1) is 5.41 Å². The van der Waals surface area contributed by atoms with Crippen LogP contribution in [0.15, 0.2) is 60.7 Å². The van der Waals surface area contributed by atoms with Crippen LogP contribution in [-0.4, -0.2) is 12.5 Å². The topological polar surface area (TPSA) is 55.1 Å². The van der Waals surface area contributed by atoms with Crippen molar-refractivity contribution in [3.63, 3.8) is 0 Å². The van der Waals surface area contributed by atoms with Gasteiger partial charge in [-0.3, -0.25) is 4.79 Å². The van der Waals surface area contributed by atoms with E-state index in [9.17, 15) is 4.79 Å². The zero-order chi connectivity index (χ0) is 17.0. The summed E-state index contributed by atoms with van der Waals surface area (Å²) < 4.78 is 0. The number of hydrogen-bond donors (Lipinski definition) is 2. The molecule has 3 N–H and O–H groups in total. The molecular formula is C21H26N2O. The van der Waals surface area contributed by atoms with Gasteiger partial charge < -0.3 is 11.1 Å². The molecule has 1 fully saturated rings. The molecule has 3 nitrogen and oxygen atoms in total. The summed E-state index contributed by atoms with van der Waals surface area (Å²) in [4.78, 5) is 12.7. The van der Waals surface area contributed by atoms with Crippen LogP contribution in [0.2, 0.25) is 0 Å². The highest BCUT2D eigenvalue weighted by atomic mass is 16.2. The van der Waals surface area contributed by atoms with Gasteiger partial charge in [0.1, 0.15) is 5.54 Å². The summed E-state index contributed by atoms with van der Waals surface area (Å²) in [6.45, 7) is 2.47. The minimum Gasteiger partial charge on any atom is -0.354 e. The molecule has 1 atom stereocenters.